The average Bonchev–Trinajstić information content (AvgIpc) is 2.60. The van der Waals surface area contributed by atoms with Crippen LogP contribution < -0.4 is 0 Å². The van der Waals surface area contributed by atoms with Crippen molar-refractivity contribution in [3.05, 3.63) is 46.0 Å². The van der Waals surface area contributed by atoms with Crippen molar-refractivity contribution in [2.75, 3.05) is 0 Å². The Morgan fingerprint density at radius 3 is 2.10 bits per heavy atom. The van der Waals surface area contributed by atoms with E-state index in [0.29, 0.717) is 0 Å². The van der Waals surface area contributed by atoms with Gasteiger partial charge in [0.25, 0.3) is 0 Å². The molecule has 0 spiro atoms. The van der Waals surface area contributed by atoms with Crippen molar-refractivity contribution in [1.82, 2.24) is 0 Å². The molecule has 0 saturated carbocycles. The van der Waals surface area contributed by atoms with E-state index >= 15 is 0 Å². The number of phenolic OH excluding ortho intramolecular Hbond substituents is 4. The number of carbonyl (C=O) groups excluding carboxylic acids is 3. The summed E-state index contributed by atoms with van der Waals surface area (Å²) in [6.45, 7) is 1.25. The first-order valence-corrected chi connectivity index (χ1v) is 8.51. The third-order valence-electron chi connectivity index (χ3n) is 4.80. The summed E-state index contributed by atoms with van der Waals surface area (Å²) in [5.41, 5.74) is -2.24. The summed E-state index contributed by atoms with van der Waals surface area (Å²) in [4.78, 5) is 48.5. The minimum Gasteiger partial charge on any atom is -0.508 e. The minimum absolute atomic E-state index is 0.150. The van der Waals surface area contributed by atoms with Gasteiger partial charge in [-0.15, -0.1) is 0 Å². The largest absolute Gasteiger partial charge is 0.508 e. The van der Waals surface area contributed by atoms with E-state index in [2.05, 4.69) is 0 Å². The Bertz CT molecular complexity index is 1100. The molecule has 0 aliphatic heterocycles. The number of phenols is 4. The van der Waals surface area contributed by atoms with Crippen LogP contribution in [0.4, 0.5) is 0 Å². The zero-order valence-electron chi connectivity index (χ0n) is 15.1. The number of aromatic hydroxyl groups is 4. The lowest BCUT2D eigenvalue weighted by Gasteiger charge is -2.23. The quantitative estimate of drug-likeness (QED) is 0.429. The van der Waals surface area contributed by atoms with Gasteiger partial charge in [0.2, 0.25) is 5.78 Å². The maximum atomic E-state index is 12.9. The van der Waals surface area contributed by atoms with E-state index < -0.39 is 68.7 Å². The summed E-state index contributed by atoms with van der Waals surface area (Å²) in [5.74, 6) is -7.89. The molecular formula is C20H16O9. The molecule has 2 aromatic carbocycles. The Labute approximate surface area is 163 Å². The van der Waals surface area contributed by atoms with E-state index in [-0.39, 0.29) is 24.2 Å². The highest BCUT2D eigenvalue weighted by molar-refractivity contribution is 6.30. The van der Waals surface area contributed by atoms with Gasteiger partial charge in [-0.1, -0.05) is 0 Å². The van der Waals surface area contributed by atoms with E-state index in [1.165, 1.54) is 6.92 Å². The van der Waals surface area contributed by atoms with Gasteiger partial charge in [0.15, 0.2) is 5.78 Å². The molecule has 0 radical (unpaired) electrons. The fourth-order valence-corrected chi connectivity index (χ4v) is 3.46. The van der Waals surface area contributed by atoms with Crippen molar-refractivity contribution < 1.29 is 44.7 Å². The molecule has 0 bridgehead atoms. The fraction of sp³-hybridized carbons (Fsp3) is 0.200. The topological polar surface area (TPSA) is 169 Å². The van der Waals surface area contributed by atoms with Gasteiger partial charge in [-0.05, 0) is 25.5 Å². The third-order valence-corrected chi connectivity index (χ3v) is 4.80. The number of carboxylic acids is 1. The highest BCUT2D eigenvalue weighted by atomic mass is 16.4. The van der Waals surface area contributed by atoms with Crippen LogP contribution in [0.15, 0.2) is 18.2 Å². The van der Waals surface area contributed by atoms with Crippen LogP contribution in [0.1, 0.15) is 63.1 Å². The van der Waals surface area contributed by atoms with Crippen LogP contribution in [0.3, 0.4) is 0 Å². The highest BCUT2D eigenvalue weighted by Crippen LogP contribution is 2.45. The molecule has 0 fully saturated rings. The van der Waals surface area contributed by atoms with Crippen LogP contribution in [0.2, 0.25) is 0 Å². The number of carboxylic acid groups (broad SMARTS) is 1. The summed E-state index contributed by atoms with van der Waals surface area (Å²) >= 11 is 0. The number of benzene rings is 2. The Morgan fingerprint density at radius 1 is 0.897 bits per heavy atom. The number of hydrogen-bond donors (Lipinski definition) is 5. The standard InChI is InChI=1S/C20H16O9/c1-7(21)2-3-9(20(28)29)14-13(24)6-11-16(18(14)26)19(27)15-10(17(11)25)4-8(22)5-12(15)23/h4-6,9,22-24,26H,2-3H2,1H3,(H,28,29)/t9-/m0/s1. The first-order valence-electron chi connectivity index (χ1n) is 8.51. The van der Waals surface area contributed by atoms with Crippen molar-refractivity contribution in [3.63, 3.8) is 0 Å². The molecule has 1 aliphatic rings. The first kappa shape index (κ1) is 19.9. The van der Waals surface area contributed by atoms with Crippen molar-refractivity contribution in [1.29, 1.82) is 0 Å². The third kappa shape index (κ3) is 3.16. The van der Waals surface area contributed by atoms with E-state index in [9.17, 15) is 44.7 Å². The molecular weight excluding hydrogens is 384 g/mol. The van der Waals surface area contributed by atoms with Gasteiger partial charge in [-0.25, -0.2) is 0 Å². The second-order valence-electron chi connectivity index (χ2n) is 6.76. The lowest BCUT2D eigenvalue weighted by molar-refractivity contribution is -0.139. The summed E-state index contributed by atoms with van der Waals surface area (Å²) in [6, 6.07) is 2.67. The van der Waals surface area contributed by atoms with Crippen molar-refractivity contribution in [3.8, 4) is 23.0 Å². The summed E-state index contributed by atoms with van der Waals surface area (Å²) in [5, 5.41) is 50.1. The lowest BCUT2D eigenvalue weighted by atomic mass is 9.79. The van der Waals surface area contributed by atoms with Crippen molar-refractivity contribution in [2.45, 2.75) is 25.7 Å². The van der Waals surface area contributed by atoms with E-state index in [4.69, 9.17) is 0 Å². The molecule has 150 valence electrons. The van der Waals surface area contributed by atoms with Crippen LogP contribution in [0.25, 0.3) is 0 Å². The number of carbonyl (C=O) groups is 4. The maximum Gasteiger partial charge on any atom is 0.311 e. The molecule has 0 unspecified atom stereocenters. The van der Waals surface area contributed by atoms with Gasteiger partial charge in [0.05, 0.1) is 22.6 Å². The second-order valence-corrected chi connectivity index (χ2v) is 6.76. The molecule has 0 saturated heterocycles. The maximum absolute atomic E-state index is 12.9. The van der Waals surface area contributed by atoms with E-state index in [1.807, 2.05) is 0 Å². The lowest BCUT2D eigenvalue weighted by Crippen LogP contribution is -2.23. The Kier molecular flexibility index (Phi) is 4.75. The number of ketones is 3. The SMILES string of the molecule is CC(=O)CC[C@H](C(=O)O)c1c(O)cc2c(c1O)C(=O)c1c(O)cc(O)cc1C2=O. The Morgan fingerprint density at radius 2 is 1.52 bits per heavy atom. The molecule has 9 nitrogen and oxygen atoms in total. The molecule has 0 heterocycles. The van der Waals surface area contributed by atoms with Gasteiger partial charge in [-0.2, -0.15) is 0 Å². The zero-order chi connectivity index (χ0) is 21.6. The Balaban J connectivity index is 2.25. The smallest absolute Gasteiger partial charge is 0.311 e. The van der Waals surface area contributed by atoms with Gasteiger partial charge in [0, 0.05) is 23.6 Å². The van der Waals surface area contributed by atoms with Crippen LogP contribution in [-0.4, -0.2) is 48.9 Å². The van der Waals surface area contributed by atoms with Crippen LogP contribution >= 0.6 is 0 Å². The number of hydrogen-bond acceptors (Lipinski definition) is 8. The van der Waals surface area contributed by atoms with Gasteiger partial charge >= 0.3 is 5.97 Å². The molecule has 1 aliphatic carbocycles. The fourth-order valence-electron chi connectivity index (χ4n) is 3.46. The van der Waals surface area contributed by atoms with Gasteiger partial charge in [-0.3, -0.25) is 14.4 Å². The van der Waals surface area contributed by atoms with E-state index in [0.717, 1.165) is 18.2 Å². The molecule has 3 rings (SSSR count). The molecule has 5 N–H and O–H groups in total. The molecule has 29 heavy (non-hydrogen) atoms. The minimum atomic E-state index is -1.51. The Hall–Kier alpha value is -3.88. The normalized spacial score (nSPS) is 13.6. The van der Waals surface area contributed by atoms with Crippen LogP contribution in [-0.2, 0) is 9.59 Å². The predicted molar refractivity (Wildman–Crippen MR) is 96.7 cm³/mol. The monoisotopic (exact) mass is 400 g/mol. The number of aliphatic carboxylic acids is 1. The molecule has 9 heteroatoms. The van der Waals surface area contributed by atoms with Crippen molar-refractivity contribution >= 4 is 23.3 Å². The molecule has 0 amide bonds. The van der Waals surface area contributed by atoms with Gasteiger partial charge < -0.3 is 30.3 Å². The molecule has 1 atom stereocenters. The average molecular weight is 400 g/mol. The predicted octanol–water partition coefficient (Wildman–Crippen LogP) is 1.82. The molecule has 2 aromatic rings. The summed E-state index contributed by atoms with van der Waals surface area (Å²) in [6.07, 6.45) is -0.398. The first-order chi connectivity index (χ1) is 13.5. The summed E-state index contributed by atoms with van der Waals surface area (Å²) < 4.78 is 0. The van der Waals surface area contributed by atoms with Crippen LogP contribution in [0.5, 0.6) is 23.0 Å². The molecule has 0 aromatic heterocycles. The number of Topliss-reactive ketones (excluding diaryl/α,β-unsaturated/α-hetero) is 1. The van der Waals surface area contributed by atoms with E-state index in [1.54, 1.807) is 0 Å². The number of rotatable bonds is 5. The van der Waals surface area contributed by atoms with Gasteiger partial charge in [0.1, 0.15) is 28.8 Å². The summed E-state index contributed by atoms with van der Waals surface area (Å²) in [7, 11) is 0. The zero-order valence-corrected chi connectivity index (χ0v) is 15.1. The van der Waals surface area contributed by atoms with Crippen LogP contribution in [0, 0.1) is 0 Å². The highest BCUT2D eigenvalue weighted by Gasteiger charge is 2.39. The van der Waals surface area contributed by atoms with Crippen molar-refractivity contribution in [2.24, 2.45) is 0 Å². The second kappa shape index (κ2) is 6.93. The number of fused-ring (bicyclic) bond motifs is 2.